The van der Waals surface area contributed by atoms with Crippen molar-refractivity contribution in [2.75, 3.05) is 0 Å². The van der Waals surface area contributed by atoms with Crippen LogP contribution in [0, 0.1) is 11.3 Å². The molecule has 1 aromatic heterocycles. The lowest BCUT2D eigenvalue weighted by molar-refractivity contribution is -0.122. The summed E-state index contributed by atoms with van der Waals surface area (Å²) in [6.45, 7) is -0.250. The summed E-state index contributed by atoms with van der Waals surface area (Å²) in [4.78, 5) is 12.5. The third-order valence-electron chi connectivity index (χ3n) is 2.11. The zero-order valence-electron chi connectivity index (χ0n) is 9.55. The lowest BCUT2D eigenvalue weighted by atomic mass is 10.1. The van der Waals surface area contributed by atoms with Gasteiger partial charge in [0, 0.05) is 16.8 Å². The van der Waals surface area contributed by atoms with Crippen LogP contribution in [0.4, 0.5) is 0 Å². The average molecular weight is 295 g/mol. The molecule has 6 heteroatoms. The fourth-order valence-corrected chi connectivity index (χ4v) is 1.89. The van der Waals surface area contributed by atoms with Gasteiger partial charge in [0.25, 0.3) is 6.47 Å². The van der Waals surface area contributed by atoms with Crippen molar-refractivity contribution in [3.05, 3.63) is 52.1 Å². The smallest absolute Gasteiger partial charge is 0.290 e. The van der Waals surface area contributed by atoms with Gasteiger partial charge >= 0.3 is 0 Å². The SMILES string of the molecule is N#Cc1cccnc1-c1ccc(Cl)cc1Cl.O=CO. The van der Waals surface area contributed by atoms with Crippen molar-refractivity contribution >= 4 is 29.7 Å². The monoisotopic (exact) mass is 294 g/mol. The second-order valence-corrected chi connectivity index (χ2v) is 4.08. The van der Waals surface area contributed by atoms with Gasteiger partial charge in [-0.15, -0.1) is 0 Å². The molecule has 0 atom stereocenters. The van der Waals surface area contributed by atoms with E-state index in [2.05, 4.69) is 11.1 Å². The van der Waals surface area contributed by atoms with E-state index in [1.54, 1.807) is 36.5 Å². The molecule has 0 saturated carbocycles. The molecule has 0 aliphatic carbocycles. The highest BCUT2D eigenvalue weighted by Crippen LogP contribution is 2.30. The number of hydrogen-bond donors (Lipinski definition) is 1. The molecule has 0 unspecified atom stereocenters. The Kier molecular flexibility index (Phi) is 5.80. The molecule has 0 spiro atoms. The van der Waals surface area contributed by atoms with E-state index in [0.29, 0.717) is 26.9 Å². The summed E-state index contributed by atoms with van der Waals surface area (Å²) in [5, 5.41) is 16.9. The van der Waals surface area contributed by atoms with E-state index in [0.717, 1.165) is 0 Å². The summed E-state index contributed by atoms with van der Waals surface area (Å²) in [5.41, 5.74) is 1.78. The first-order valence-corrected chi connectivity index (χ1v) is 5.78. The molecule has 0 amide bonds. The van der Waals surface area contributed by atoms with Crippen LogP contribution in [0.3, 0.4) is 0 Å². The normalized spacial score (nSPS) is 8.89. The van der Waals surface area contributed by atoms with Gasteiger partial charge in [-0.25, -0.2) is 0 Å². The number of rotatable bonds is 1. The molecule has 2 rings (SSSR count). The van der Waals surface area contributed by atoms with Crippen molar-refractivity contribution in [3.63, 3.8) is 0 Å². The van der Waals surface area contributed by atoms with E-state index >= 15 is 0 Å². The molecule has 0 bridgehead atoms. The zero-order chi connectivity index (χ0) is 14.3. The molecule has 4 nitrogen and oxygen atoms in total. The van der Waals surface area contributed by atoms with Gasteiger partial charge in [0.15, 0.2) is 0 Å². The van der Waals surface area contributed by atoms with E-state index < -0.39 is 0 Å². The first-order valence-electron chi connectivity index (χ1n) is 5.02. The number of pyridine rings is 1. The van der Waals surface area contributed by atoms with E-state index in [1.165, 1.54) is 0 Å². The minimum absolute atomic E-state index is 0.250. The standard InChI is InChI=1S/C12H6Cl2N2.CH2O2/c13-9-3-4-10(11(14)6-9)12-8(7-15)2-1-5-16-12;2-1-3/h1-6H;1H,(H,2,3). The summed E-state index contributed by atoms with van der Waals surface area (Å²) < 4.78 is 0. The number of nitrogens with zero attached hydrogens (tertiary/aromatic N) is 2. The summed E-state index contributed by atoms with van der Waals surface area (Å²) >= 11 is 11.9. The predicted molar refractivity (Wildman–Crippen MR) is 73.1 cm³/mol. The van der Waals surface area contributed by atoms with Gasteiger partial charge < -0.3 is 5.11 Å². The lowest BCUT2D eigenvalue weighted by Crippen LogP contribution is -1.89. The Morgan fingerprint density at radius 1 is 1.32 bits per heavy atom. The van der Waals surface area contributed by atoms with Crippen LogP contribution in [0.1, 0.15) is 5.56 Å². The molecular weight excluding hydrogens is 287 g/mol. The maximum Gasteiger partial charge on any atom is 0.290 e. The summed E-state index contributed by atoms with van der Waals surface area (Å²) in [5.74, 6) is 0. The Balaban J connectivity index is 0.000000550. The van der Waals surface area contributed by atoms with Crippen LogP contribution in [-0.2, 0) is 4.79 Å². The zero-order valence-corrected chi connectivity index (χ0v) is 11.1. The van der Waals surface area contributed by atoms with Crippen LogP contribution in [-0.4, -0.2) is 16.6 Å². The Bertz CT molecular complexity index is 624. The fourth-order valence-electron chi connectivity index (χ4n) is 1.39. The topological polar surface area (TPSA) is 74.0 Å². The summed E-state index contributed by atoms with van der Waals surface area (Å²) in [6.07, 6.45) is 1.63. The van der Waals surface area contributed by atoms with E-state index in [-0.39, 0.29) is 6.47 Å². The Morgan fingerprint density at radius 2 is 2.00 bits per heavy atom. The molecule has 19 heavy (non-hydrogen) atoms. The van der Waals surface area contributed by atoms with Crippen LogP contribution in [0.5, 0.6) is 0 Å². The number of hydrogen-bond acceptors (Lipinski definition) is 3. The number of halogens is 2. The van der Waals surface area contributed by atoms with Crippen molar-refractivity contribution in [2.24, 2.45) is 0 Å². The van der Waals surface area contributed by atoms with Gasteiger partial charge in [-0.3, -0.25) is 9.78 Å². The first-order chi connectivity index (χ1) is 9.13. The van der Waals surface area contributed by atoms with Crippen molar-refractivity contribution in [1.82, 2.24) is 4.98 Å². The molecule has 96 valence electrons. The van der Waals surface area contributed by atoms with E-state index in [4.69, 9.17) is 38.4 Å². The third-order valence-corrected chi connectivity index (χ3v) is 2.66. The van der Waals surface area contributed by atoms with E-state index in [1.807, 2.05) is 0 Å². The second kappa shape index (κ2) is 7.37. The van der Waals surface area contributed by atoms with Gasteiger partial charge in [0.2, 0.25) is 0 Å². The van der Waals surface area contributed by atoms with Crippen LogP contribution >= 0.6 is 23.2 Å². The molecule has 0 aliphatic heterocycles. The average Bonchev–Trinajstić information content (AvgIpc) is 2.40. The molecule has 1 N–H and O–H groups in total. The van der Waals surface area contributed by atoms with Crippen LogP contribution in [0.25, 0.3) is 11.3 Å². The molecule has 1 heterocycles. The largest absolute Gasteiger partial charge is 0.483 e. The molecule has 0 saturated heterocycles. The molecule has 1 aromatic carbocycles. The maximum atomic E-state index is 8.97. The van der Waals surface area contributed by atoms with Gasteiger partial charge in [-0.1, -0.05) is 23.2 Å². The number of carboxylic acid groups (broad SMARTS) is 1. The van der Waals surface area contributed by atoms with Crippen LogP contribution in [0.2, 0.25) is 10.0 Å². The minimum Gasteiger partial charge on any atom is -0.483 e. The molecule has 0 fully saturated rings. The van der Waals surface area contributed by atoms with Crippen molar-refractivity contribution in [2.45, 2.75) is 0 Å². The fraction of sp³-hybridized carbons (Fsp3) is 0. The minimum atomic E-state index is -0.250. The highest BCUT2D eigenvalue weighted by atomic mass is 35.5. The number of benzene rings is 1. The Morgan fingerprint density at radius 3 is 2.58 bits per heavy atom. The van der Waals surface area contributed by atoms with Crippen molar-refractivity contribution < 1.29 is 9.90 Å². The number of carbonyl (C=O) groups is 1. The summed E-state index contributed by atoms with van der Waals surface area (Å²) in [7, 11) is 0. The molecule has 0 aliphatic rings. The number of aromatic nitrogens is 1. The Labute approximate surface area is 119 Å². The van der Waals surface area contributed by atoms with Gasteiger partial charge in [0.1, 0.15) is 6.07 Å². The predicted octanol–water partition coefficient (Wildman–Crippen LogP) is 3.63. The van der Waals surface area contributed by atoms with Crippen molar-refractivity contribution in [3.8, 4) is 17.3 Å². The van der Waals surface area contributed by atoms with Gasteiger partial charge in [0.05, 0.1) is 16.3 Å². The quantitative estimate of drug-likeness (QED) is 0.815. The first kappa shape index (κ1) is 15.0. The number of nitriles is 1. The molecular formula is C13H8Cl2N2O2. The van der Waals surface area contributed by atoms with Gasteiger partial charge in [-0.2, -0.15) is 5.26 Å². The second-order valence-electron chi connectivity index (χ2n) is 3.24. The third kappa shape index (κ3) is 3.95. The van der Waals surface area contributed by atoms with E-state index in [9.17, 15) is 0 Å². The molecule has 0 radical (unpaired) electrons. The maximum absolute atomic E-state index is 8.97. The van der Waals surface area contributed by atoms with Crippen LogP contribution < -0.4 is 0 Å². The molecule has 2 aromatic rings. The summed E-state index contributed by atoms with van der Waals surface area (Å²) in [6, 6.07) is 10.6. The van der Waals surface area contributed by atoms with Crippen molar-refractivity contribution in [1.29, 1.82) is 5.26 Å². The highest BCUT2D eigenvalue weighted by molar-refractivity contribution is 6.36. The lowest BCUT2D eigenvalue weighted by Gasteiger charge is -2.05. The highest BCUT2D eigenvalue weighted by Gasteiger charge is 2.09. The Hall–Kier alpha value is -2.09. The van der Waals surface area contributed by atoms with Gasteiger partial charge in [-0.05, 0) is 30.3 Å². The van der Waals surface area contributed by atoms with Crippen LogP contribution in [0.15, 0.2) is 36.5 Å².